The van der Waals surface area contributed by atoms with Gasteiger partial charge in [-0.2, -0.15) is 0 Å². The van der Waals surface area contributed by atoms with E-state index in [9.17, 15) is 9.18 Å². The van der Waals surface area contributed by atoms with Gasteiger partial charge in [0.15, 0.2) is 5.67 Å². The van der Waals surface area contributed by atoms with E-state index in [1.54, 1.807) is 23.1 Å². The lowest BCUT2D eigenvalue weighted by molar-refractivity contribution is 0.0563. The quantitative estimate of drug-likeness (QED) is 0.866. The Hall–Kier alpha value is -1.95. The molecule has 1 aliphatic rings. The highest BCUT2D eigenvalue weighted by Crippen LogP contribution is 2.27. The zero-order chi connectivity index (χ0) is 14.2. The smallest absolute Gasteiger partial charge is 0.260 e. The molecule has 1 aromatic carbocycles. The van der Waals surface area contributed by atoms with E-state index in [1.807, 2.05) is 6.07 Å². The van der Waals surface area contributed by atoms with E-state index in [1.165, 1.54) is 0 Å². The Morgan fingerprint density at radius 3 is 3.05 bits per heavy atom. The molecule has 3 rings (SSSR count). The molecule has 2 heterocycles. The second kappa shape index (κ2) is 4.86. The first-order valence-electron chi connectivity index (χ1n) is 6.65. The number of hydrogen-bond donors (Lipinski definition) is 2. The van der Waals surface area contributed by atoms with Crippen LogP contribution in [-0.4, -0.2) is 40.4 Å². The number of nitrogens with one attached hydrogen (secondary N) is 1. The molecule has 0 amide bonds. The Morgan fingerprint density at radius 2 is 2.25 bits per heavy atom. The van der Waals surface area contributed by atoms with Gasteiger partial charge in [0.2, 0.25) is 5.95 Å². The van der Waals surface area contributed by atoms with Crippen molar-refractivity contribution in [1.82, 2.24) is 9.97 Å². The number of para-hydroxylation sites is 1. The molecule has 0 bridgehead atoms. The predicted molar refractivity (Wildman–Crippen MR) is 74.7 cm³/mol. The third kappa shape index (κ3) is 2.27. The van der Waals surface area contributed by atoms with Crippen LogP contribution in [0.25, 0.3) is 10.9 Å². The maximum absolute atomic E-state index is 14.2. The van der Waals surface area contributed by atoms with Crippen molar-refractivity contribution < 1.29 is 9.50 Å². The number of aromatic amines is 1. The highest BCUT2D eigenvalue weighted by atomic mass is 19.1. The topological polar surface area (TPSA) is 69.2 Å². The number of H-pyrrole nitrogens is 1. The summed E-state index contributed by atoms with van der Waals surface area (Å²) in [5.41, 5.74) is -1.27. The van der Waals surface area contributed by atoms with Gasteiger partial charge >= 0.3 is 0 Å². The van der Waals surface area contributed by atoms with Gasteiger partial charge in [-0.15, -0.1) is 0 Å². The molecule has 0 spiro atoms. The summed E-state index contributed by atoms with van der Waals surface area (Å²) >= 11 is 0. The first-order chi connectivity index (χ1) is 9.61. The van der Waals surface area contributed by atoms with Crippen LogP contribution in [0.5, 0.6) is 0 Å². The van der Waals surface area contributed by atoms with Crippen molar-refractivity contribution in [3.8, 4) is 0 Å². The van der Waals surface area contributed by atoms with Crippen molar-refractivity contribution in [2.45, 2.75) is 18.5 Å². The largest absolute Gasteiger partial charge is 0.393 e. The van der Waals surface area contributed by atoms with E-state index in [4.69, 9.17) is 5.11 Å². The number of benzene rings is 1. The molecule has 106 valence electrons. The van der Waals surface area contributed by atoms with Crippen LogP contribution in [0.15, 0.2) is 29.1 Å². The molecule has 2 N–H and O–H groups in total. The molecule has 1 atom stereocenters. The van der Waals surface area contributed by atoms with Gasteiger partial charge in [-0.25, -0.2) is 9.37 Å². The van der Waals surface area contributed by atoms with Gasteiger partial charge in [-0.1, -0.05) is 12.1 Å². The maximum Gasteiger partial charge on any atom is 0.260 e. The number of aliphatic hydroxyl groups is 1. The predicted octanol–water partition coefficient (Wildman–Crippen LogP) is 1.22. The summed E-state index contributed by atoms with van der Waals surface area (Å²) in [6.07, 6.45) is 0.950. The van der Waals surface area contributed by atoms with Crippen LogP contribution in [0.3, 0.4) is 0 Å². The van der Waals surface area contributed by atoms with E-state index >= 15 is 0 Å². The molecule has 1 unspecified atom stereocenters. The molecular formula is C14H16FN3O2. The van der Waals surface area contributed by atoms with Gasteiger partial charge < -0.3 is 10.0 Å². The minimum Gasteiger partial charge on any atom is -0.393 e. The zero-order valence-electron chi connectivity index (χ0n) is 11.0. The number of hydrogen-bond acceptors (Lipinski definition) is 4. The Morgan fingerprint density at radius 1 is 1.45 bits per heavy atom. The SMILES string of the molecule is O=c1[nH]c(N2CCCC(F)(CO)C2)nc2ccccc12. The highest BCUT2D eigenvalue weighted by Gasteiger charge is 2.35. The minimum absolute atomic E-state index is 0.0464. The number of fused-ring (bicyclic) bond motifs is 1. The van der Waals surface area contributed by atoms with E-state index in [0.29, 0.717) is 36.2 Å². The monoisotopic (exact) mass is 277 g/mol. The number of halogens is 1. The molecule has 20 heavy (non-hydrogen) atoms. The number of piperidine rings is 1. The summed E-state index contributed by atoms with van der Waals surface area (Å²) in [5, 5.41) is 9.66. The van der Waals surface area contributed by atoms with Gasteiger partial charge in [-0.05, 0) is 25.0 Å². The lowest BCUT2D eigenvalue weighted by Crippen LogP contribution is -2.48. The minimum atomic E-state index is -1.62. The average molecular weight is 277 g/mol. The van der Waals surface area contributed by atoms with E-state index < -0.39 is 12.3 Å². The van der Waals surface area contributed by atoms with Crippen LogP contribution in [0.2, 0.25) is 0 Å². The normalized spacial score (nSPS) is 23.2. The van der Waals surface area contributed by atoms with Gasteiger partial charge in [0.05, 0.1) is 24.1 Å². The number of aliphatic hydroxyl groups excluding tert-OH is 1. The van der Waals surface area contributed by atoms with E-state index in [2.05, 4.69) is 9.97 Å². The molecule has 1 fully saturated rings. The molecule has 1 aliphatic heterocycles. The average Bonchev–Trinajstić information content (AvgIpc) is 2.47. The molecule has 6 heteroatoms. The van der Waals surface area contributed by atoms with Gasteiger partial charge in [0, 0.05) is 6.54 Å². The van der Waals surface area contributed by atoms with E-state index in [0.717, 1.165) is 0 Å². The molecule has 0 radical (unpaired) electrons. The lowest BCUT2D eigenvalue weighted by atomic mass is 9.96. The third-order valence-corrected chi connectivity index (χ3v) is 3.71. The number of aromatic nitrogens is 2. The second-order valence-electron chi connectivity index (χ2n) is 5.24. The molecule has 1 aromatic heterocycles. The Balaban J connectivity index is 2.00. The zero-order valence-corrected chi connectivity index (χ0v) is 11.0. The van der Waals surface area contributed by atoms with Crippen molar-refractivity contribution in [1.29, 1.82) is 0 Å². The summed E-state index contributed by atoms with van der Waals surface area (Å²) in [5.74, 6) is 0.365. The summed E-state index contributed by atoms with van der Waals surface area (Å²) in [7, 11) is 0. The molecule has 2 aromatic rings. The molecule has 0 saturated carbocycles. The fraction of sp³-hybridized carbons (Fsp3) is 0.429. The number of anilines is 1. The summed E-state index contributed by atoms with van der Waals surface area (Å²) in [6.45, 7) is 0.152. The highest BCUT2D eigenvalue weighted by molar-refractivity contribution is 5.78. The molecule has 5 nitrogen and oxygen atoms in total. The molecular weight excluding hydrogens is 261 g/mol. The fourth-order valence-electron chi connectivity index (χ4n) is 2.62. The van der Waals surface area contributed by atoms with Gasteiger partial charge in [-0.3, -0.25) is 9.78 Å². The number of alkyl halides is 1. The summed E-state index contributed by atoms with van der Waals surface area (Å²) in [6, 6.07) is 7.04. The van der Waals surface area contributed by atoms with Crippen LogP contribution in [0.4, 0.5) is 10.3 Å². The maximum atomic E-state index is 14.2. The number of nitrogens with zero attached hydrogens (tertiary/aromatic N) is 2. The first kappa shape index (κ1) is 13.1. The number of rotatable bonds is 2. The fourth-order valence-corrected chi connectivity index (χ4v) is 2.62. The van der Waals surface area contributed by atoms with Crippen molar-refractivity contribution in [2.75, 3.05) is 24.6 Å². The summed E-state index contributed by atoms with van der Waals surface area (Å²) in [4.78, 5) is 20.8. The summed E-state index contributed by atoms with van der Waals surface area (Å²) < 4.78 is 14.2. The van der Waals surface area contributed by atoms with Crippen molar-refractivity contribution in [3.63, 3.8) is 0 Å². The van der Waals surface area contributed by atoms with Crippen LogP contribution < -0.4 is 10.5 Å². The second-order valence-corrected chi connectivity index (χ2v) is 5.24. The Labute approximate surface area is 115 Å². The molecule has 1 saturated heterocycles. The van der Waals surface area contributed by atoms with Crippen molar-refractivity contribution >= 4 is 16.9 Å². The Kier molecular flexibility index (Phi) is 3.17. The van der Waals surface area contributed by atoms with Crippen LogP contribution in [0.1, 0.15) is 12.8 Å². The Bertz CT molecular complexity index is 687. The lowest BCUT2D eigenvalue weighted by Gasteiger charge is -2.36. The van der Waals surface area contributed by atoms with Gasteiger partial charge in [0.1, 0.15) is 0 Å². The standard InChI is InChI=1S/C14H16FN3O2/c15-14(9-19)6-3-7-18(8-14)13-16-11-5-2-1-4-10(11)12(20)17-13/h1-2,4-5,19H,3,6-9H2,(H,16,17,20). The first-order valence-corrected chi connectivity index (χ1v) is 6.65. The molecule has 0 aliphatic carbocycles. The van der Waals surface area contributed by atoms with E-state index in [-0.39, 0.29) is 12.1 Å². The van der Waals surface area contributed by atoms with Gasteiger partial charge in [0.25, 0.3) is 5.56 Å². The van der Waals surface area contributed by atoms with Crippen LogP contribution in [0, 0.1) is 0 Å². The van der Waals surface area contributed by atoms with Crippen LogP contribution in [-0.2, 0) is 0 Å². The van der Waals surface area contributed by atoms with Crippen molar-refractivity contribution in [3.05, 3.63) is 34.6 Å². The van der Waals surface area contributed by atoms with Crippen LogP contribution >= 0.6 is 0 Å². The van der Waals surface area contributed by atoms with Crippen molar-refractivity contribution in [2.24, 2.45) is 0 Å². The third-order valence-electron chi connectivity index (χ3n) is 3.71.